The van der Waals surface area contributed by atoms with Gasteiger partial charge in [-0.1, -0.05) is 29.9 Å². The zero-order chi connectivity index (χ0) is 7.68. The van der Waals surface area contributed by atoms with Gasteiger partial charge in [-0.15, -0.1) is 0 Å². The summed E-state index contributed by atoms with van der Waals surface area (Å²) in [5, 5.41) is 1.26. The molecule has 0 N–H and O–H groups in total. The molecule has 3 heteroatoms. The average molecular weight is 181 g/mol. The summed E-state index contributed by atoms with van der Waals surface area (Å²) in [6, 6.07) is 10.3. The fourth-order valence-electron chi connectivity index (χ4n) is 1.13. The Morgan fingerprint density at radius 2 is 2.00 bits per heavy atom. The molecule has 11 heavy (non-hydrogen) atoms. The summed E-state index contributed by atoms with van der Waals surface area (Å²) in [6.07, 6.45) is 2.02. The molecule has 0 aliphatic heterocycles. The molecule has 0 aliphatic carbocycles. The van der Waals surface area contributed by atoms with E-state index in [1.807, 2.05) is 22.3 Å². The van der Waals surface area contributed by atoms with Crippen LogP contribution in [0.1, 0.15) is 0 Å². The quantitative estimate of drug-likeness (QED) is 0.523. The number of nitrogens with zero attached hydrogens (tertiary/aromatic N) is 1. The van der Waals surface area contributed by atoms with Gasteiger partial charge in [-0.25, -0.2) is 0 Å². The van der Waals surface area contributed by atoms with Crippen LogP contribution in [0, 0.1) is 0 Å². The van der Waals surface area contributed by atoms with Crippen LogP contribution in [0.15, 0.2) is 36.5 Å². The van der Waals surface area contributed by atoms with Crippen molar-refractivity contribution in [2.24, 2.45) is 0 Å². The second-order valence-corrected chi connectivity index (χ2v) is 3.33. The molecule has 0 unspecified atom stereocenters. The van der Waals surface area contributed by atoms with E-state index in [2.05, 4.69) is 29.9 Å². The molecule has 0 saturated carbocycles. The summed E-state index contributed by atoms with van der Waals surface area (Å²) in [4.78, 5) is 0. The number of aromatic nitrogens is 1. The van der Waals surface area contributed by atoms with Gasteiger partial charge >= 0.3 is 0 Å². The van der Waals surface area contributed by atoms with Crippen LogP contribution < -0.4 is 0 Å². The van der Waals surface area contributed by atoms with Crippen molar-refractivity contribution < 1.29 is 0 Å². The third-order valence-electron chi connectivity index (χ3n) is 1.65. The number of benzene rings is 1. The number of rotatable bonds is 1. The van der Waals surface area contributed by atoms with Gasteiger partial charge in [0.1, 0.15) is 0 Å². The van der Waals surface area contributed by atoms with Crippen LogP contribution in [0.2, 0.25) is 0 Å². The number of para-hydroxylation sites is 1. The summed E-state index contributed by atoms with van der Waals surface area (Å²) in [7, 11) is 1.42. The lowest BCUT2D eigenvalue weighted by Crippen LogP contribution is -1.76. The number of thiol groups is 1. The monoisotopic (exact) mass is 181 g/mol. The van der Waals surface area contributed by atoms with Crippen LogP contribution in [-0.4, -0.2) is 3.97 Å². The van der Waals surface area contributed by atoms with E-state index in [4.69, 9.17) is 0 Å². The van der Waals surface area contributed by atoms with Crippen LogP contribution in [-0.2, 0) is 0 Å². The fraction of sp³-hybridized carbons (Fsp3) is 0. The second kappa shape index (κ2) is 2.83. The van der Waals surface area contributed by atoms with E-state index >= 15 is 0 Å². The standard InChI is InChI=1S/C8H7NS2/c10-11-9-6-5-7-3-1-2-4-8(7)9/h1-6,10H. The largest absolute Gasteiger partial charge is 0.282 e. The molecule has 1 aromatic carbocycles. The zero-order valence-corrected chi connectivity index (χ0v) is 7.48. The second-order valence-electron chi connectivity index (χ2n) is 2.28. The van der Waals surface area contributed by atoms with E-state index in [0.717, 1.165) is 0 Å². The van der Waals surface area contributed by atoms with Crippen LogP contribution in [0.4, 0.5) is 0 Å². The van der Waals surface area contributed by atoms with E-state index in [0.29, 0.717) is 0 Å². The summed E-state index contributed by atoms with van der Waals surface area (Å²) >= 11 is 4.13. The molecule has 0 aliphatic rings. The maximum Gasteiger partial charge on any atom is 0.0599 e. The molecule has 1 heterocycles. The van der Waals surface area contributed by atoms with Gasteiger partial charge in [0, 0.05) is 22.6 Å². The summed E-state index contributed by atoms with van der Waals surface area (Å²) in [5.41, 5.74) is 1.22. The van der Waals surface area contributed by atoms with Gasteiger partial charge in [0.15, 0.2) is 0 Å². The van der Waals surface area contributed by atoms with E-state index in [1.54, 1.807) is 0 Å². The third kappa shape index (κ3) is 1.14. The van der Waals surface area contributed by atoms with Gasteiger partial charge in [0.05, 0.1) is 5.52 Å². The molecule has 0 bridgehead atoms. The highest BCUT2D eigenvalue weighted by Crippen LogP contribution is 2.21. The molecule has 2 aromatic rings. The minimum Gasteiger partial charge on any atom is -0.282 e. The minimum atomic E-state index is 1.22. The Bertz CT molecular complexity index is 367. The van der Waals surface area contributed by atoms with Crippen LogP contribution >= 0.6 is 22.6 Å². The molecular formula is C8H7NS2. The van der Waals surface area contributed by atoms with E-state index in [-0.39, 0.29) is 0 Å². The predicted molar refractivity (Wildman–Crippen MR) is 53.9 cm³/mol. The highest BCUT2D eigenvalue weighted by atomic mass is 33.1. The lowest BCUT2D eigenvalue weighted by molar-refractivity contribution is 1.37. The summed E-state index contributed by atoms with van der Waals surface area (Å²) < 4.78 is 2.03. The van der Waals surface area contributed by atoms with Crippen molar-refractivity contribution in [3.05, 3.63) is 36.5 Å². The van der Waals surface area contributed by atoms with E-state index < -0.39 is 0 Å². The molecule has 0 saturated heterocycles. The van der Waals surface area contributed by atoms with Gasteiger partial charge in [-0.2, -0.15) is 0 Å². The summed E-state index contributed by atoms with van der Waals surface area (Å²) in [6.45, 7) is 0. The molecule has 56 valence electrons. The van der Waals surface area contributed by atoms with Crippen molar-refractivity contribution in [2.45, 2.75) is 0 Å². The van der Waals surface area contributed by atoms with Crippen molar-refractivity contribution in [3.63, 3.8) is 0 Å². The van der Waals surface area contributed by atoms with E-state index in [1.165, 1.54) is 21.9 Å². The first-order valence-corrected chi connectivity index (χ1v) is 5.12. The molecule has 1 nitrogen and oxygen atoms in total. The average Bonchev–Trinajstić information content (AvgIpc) is 2.47. The molecule has 0 atom stereocenters. The maximum atomic E-state index is 4.13. The molecule has 0 spiro atoms. The Balaban J connectivity index is 2.76. The molecule has 0 radical (unpaired) electrons. The van der Waals surface area contributed by atoms with Crippen molar-refractivity contribution in [3.8, 4) is 0 Å². The van der Waals surface area contributed by atoms with E-state index in [9.17, 15) is 0 Å². The lowest BCUT2D eigenvalue weighted by Gasteiger charge is -1.95. The molecule has 2 rings (SSSR count). The number of hydrogen-bond acceptors (Lipinski definition) is 2. The topological polar surface area (TPSA) is 4.93 Å². The fourth-order valence-corrected chi connectivity index (χ4v) is 1.93. The highest BCUT2D eigenvalue weighted by Gasteiger charge is 1.96. The van der Waals surface area contributed by atoms with Crippen molar-refractivity contribution in [1.29, 1.82) is 0 Å². The Labute approximate surface area is 74.3 Å². The number of fused-ring (bicyclic) bond motifs is 1. The first-order chi connectivity index (χ1) is 5.42. The lowest BCUT2D eigenvalue weighted by atomic mass is 10.3. The number of hydrogen-bond donors (Lipinski definition) is 1. The normalized spacial score (nSPS) is 10.6. The van der Waals surface area contributed by atoms with Crippen molar-refractivity contribution in [1.82, 2.24) is 3.97 Å². The molecular weight excluding hydrogens is 174 g/mol. The Morgan fingerprint density at radius 1 is 1.18 bits per heavy atom. The van der Waals surface area contributed by atoms with Crippen LogP contribution in [0.25, 0.3) is 10.9 Å². The first kappa shape index (κ1) is 7.13. The van der Waals surface area contributed by atoms with Crippen molar-refractivity contribution in [2.75, 3.05) is 0 Å². The van der Waals surface area contributed by atoms with Gasteiger partial charge in [-0.05, 0) is 12.1 Å². The summed E-state index contributed by atoms with van der Waals surface area (Å²) in [5.74, 6) is 0. The van der Waals surface area contributed by atoms with Gasteiger partial charge in [-0.3, -0.25) is 3.97 Å². The van der Waals surface area contributed by atoms with Crippen molar-refractivity contribution >= 4 is 33.5 Å². The highest BCUT2D eigenvalue weighted by molar-refractivity contribution is 8.68. The smallest absolute Gasteiger partial charge is 0.0599 e. The third-order valence-corrected chi connectivity index (χ3v) is 2.67. The Hall–Kier alpha value is -0.540. The zero-order valence-electron chi connectivity index (χ0n) is 5.77. The first-order valence-electron chi connectivity index (χ1n) is 3.30. The van der Waals surface area contributed by atoms with Crippen LogP contribution in [0.5, 0.6) is 0 Å². The molecule has 0 amide bonds. The predicted octanol–water partition coefficient (Wildman–Crippen LogP) is 2.98. The van der Waals surface area contributed by atoms with Gasteiger partial charge in [0.2, 0.25) is 0 Å². The molecule has 1 aromatic heterocycles. The SMILES string of the molecule is SSn1ccc2ccccc21. The minimum absolute atomic E-state index is 1.22. The Kier molecular flexibility index (Phi) is 1.84. The van der Waals surface area contributed by atoms with Gasteiger partial charge < -0.3 is 0 Å². The van der Waals surface area contributed by atoms with Gasteiger partial charge in [0.25, 0.3) is 0 Å². The Morgan fingerprint density at radius 3 is 2.82 bits per heavy atom. The molecule has 0 fully saturated rings. The van der Waals surface area contributed by atoms with Crippen LogP contribution in [0.3, 0.4) is 0 Å². The maximum absolute atomic E-state index is 4.13.